The van der Waals surface area contributed by atoms with E-state index in [-0.39, 0.29) is 5.92 Å². The lowest BCUT2D eigenvalue weighted by Crippen LogP contribution is -2.09. The van der Waals surface area contributed by atoms with Gasteiger partial charge in [-0.3, -0.25) is 0 Å². The Morgan fingerprint density at radius 1 is 0.464 bits per heavy atom. The molecule has 0 fully saturated rings. The van der Waals surface area contributed by atoms with Gasteiger partial charge in [0.05, 0.1) is 0 Å². The van der Waals surface area contributed by atoms with Crippen LogP contribution in [0.1, 0.15) is 17.0 Å². The zero-order chi connectivity index (χ0) is 19.0. The first-order chi connectivity index (χ1) is 13.9. The molecule has 0 aliphatic carbocycles. The van der Waals surface area contributed by atoms with Crippen molar-refractivity contribution in [2.45, 2.75) is 5.92 Å². The van der Waals surface area contributed by atoms with Crippen molar-refractivity contribution in [1.29, 1.82) is 0 Å². The minimum Gasteiger partial charge on any atom is -0.0715 e. The maximum atomic E-state index is 2.42. The van der Waals surface area contributed by atoms with Crippen LogP contribution in [0.3, 0.4) is 0 Å². The molecule has 0 saturated heterocycles. The third kappa shape index (κ3) is 4.47. The van der Waals surface area contributed by atoms with Gasteiger partial charge in [-0.05, 0) is 29.7 Å². The first-order valence-electron chi connectivity index (χ1n) is 9.59. The Morgan fingerprint density at radius 2 is 0.821 bits per heavy atom. The monoisotopic (exact) mass is 378 g/mol. The SMILES string of the molecule is C(=C/P(c1ccccc1)c1ccccc1)/C(c1ccccc1)c1ccccc1. The third-order valence-corrected chi connectivity index (χ3v) is 6.99. The lowest BCUT2D eigenvalue weighted by atomic mass is 9.92. The first-order valence-corrected chi connectivity index (χ1v) is 11.0. The smallest absolute Gasteiger partial charge is 0.0273 e. The highest BCUT2D eigenvalue weighted by Crippen LogP contribution is 2.37. The summed E-state index contributed by atoms with van der Waals surface area (Å²) in [6, 6.07) is 43.2. The van der Waals surface area contributed by atoms with Crippen LogP contribution >= 0.6 is 7.92 Å². The summed E-state index contributed by atoms with van der Waals surface area (Å²) >= 11 is 0. The molecule has 0 radical (unpaired) electrons. The first kappa shape index (κ1) is 18.4. The minimum absolute atomic E-state index is 0.250. The summed E-state index contributed by atoms with van der Waals surface area (Å²) in [7, 11) is -0.545. The Balaban J connectivity index is 1.75. The molecule has 4 aromatic rings. The van der Waals surface area contributed by atoms with Gasteiger partial charge in [-0.2, -0.15) is 0 Å². The fraction of sp³-hybridized carbons (Fsp3) is 0.0370. The highest BCUT2D eigenvalue weighted by molar-refractivity contribution is 7.75. The Morgan fingerprint density at radius 3 is 1.21 bits per heavy atom. The summed E-state index contributed by atoms with van der Waals surface area (Å²) in [6.45, 7) is 0. The van der Waals surface area contributed by atoms with Gasteiger partial charge in [-0.1, -0.05) is 133 Å². The van der Waals surface area contributed by atoms with E-state index in [1.165, 1.54) is 21.7 Å². The number of benzene rings is 4. The number of hydrogen-bond acceptors (Lipinski definition) is 0. The van der Waals surface area contributed by atoms with Crippen LogP contribution in [0.2, 0.25) is 0 Å². The van der Waals surface area contributed by atoms with Crippen LogP contribution in [0.15, 0.2) is 133 Å². The second kappa shape index (κ2) is 9.31. The summed E-state index contributed by atoms with van der Waals surface area (Å²) in [5.41, 5.74) is 2.64. The normalized spacial score (nSPS) is 11.4. The standard InChI is InChI=1S/C27H23P/c1-5-13-23(14-6-1)27(24-15-7-2-8-16-24)21-22-28(25-17-9-3-10-18-25)26-19-11-4-12-20-26/h1-22,27H/b22-21-. The fourth-order valence-electron chi connectivity index (χ4n) is 3.41. The molecule has 0 saturated carbocycles. The van der Waals surface area contributed by atoms with E-state index in [9.17, 15) is 0 Å². The Kier molecular flexibility index (Phi) is 6.12. The van der Waals surface area contributed by atoms with Crippen molar-refractivity contribution >= 4 is 18.5 Å². The molecule has 0 atom stereocenters. The third-order valence-electron chi connectivity index (χ3n) is 4.81. The molecule has 0 nitrogen and oxygen atoms in total. The Bertz CT molecular complexity index is 829. The van der Waals surface area contributed by atoms with E-state index in [1.807, 2.05) is 0 Å². The largest absolute Gasteiger partial charge is 0.0715 e. The van der Waals surface area contributed by atoms with Crippen LogP contribution in [-0.4, -0.2) is 0 Å². The van der Waals surface area contributed by atoms with E-state index in [1.54, 1.807) is 0 Å². The maximum Gasteiger partial charge on any atom is 0.0273 e. The van der Waals surface area contributed by atoms with Crippen molar-refractivity contribution in [1.82, 2.24) is 0 Å². The lowest BCUT2D eigenvalue weighted by Gasteiger charge is -2.18. The molecule has 0 heterocycles. The number of allylic oxidation sites excluding steroid dienone is 1. The van der Waals surface area contributed by atoms with E-state index in [2.05, 4.69) is 133 Å². The lowest BCUT2D eigenvalue weighted by molar-refractivity contribution is 1.03. The van der Waals surface area contributed by atoms with Gasteiger partial charge < -0.3 is 0 Å². The summed E-state index contributed by atoms with van der Waals surface area (Å²) in [4.78, 5) is 0. The van der Waals surface area contributed by atoms with Crippen LogP contribution in [-0.2, 0) is 0 Å². The van der Waals surface area contributed by atoms with E-state index >= 15 is 0 Å². The predicted octanol–water partition coefficient (Wildman–Crippen LogP) is 6.47. The highest BCUT2D eigenvalue weighted by Gasteiger charge is 2.14. The van der Waals surface area contributed by atoms with E-state index in [4.69, 9.17) is 0 Å². The van der Waals surface area contributed by atoms with E-state index < -0.39 is 7.92 Å². The van der Waals surface area contributed by atoms with Gasteiger partial charge in [0.15, 0.2) is 0 Å². The van der Waals surface area contributed by atoms with Crippen molar-refractivity contribution in [2.75, 3.05) is 0 Å². The van der Waals surface area contributed by atoms with Gasteiger partial charge in [0.25, 0.3) is 0 Å². The van der Waals surface area contributed by atoms with Crippen LogP contribution in [0, 0.1) is 0 Å². The summed E-state index contributed by atoms with van der Waals surface area (Å²) in [5.74, 6) is 2.67. The van der Waals surface area contributed by atoms with Crippen LogP contribution in [0.4, 0.5) is 0 Å². The van der Waals surface area contributed by atoms with Crippen LogP contribution in [0.25, 0.3) is 0 Å². The molecule has 1 heteroatoms. The van der Waals surface area contributed by atoms with Gasteiger partial charge in [0, 0.05) is 5.92 Å². The predicted molar refractivity (Wildman–Crippen MR) is 123 cm³/mol. The second-order valence-electron chi connectivity index (χ2n) is 6.68. The molecule has 0 aromatic heterocycles. The fourth-order valence-corrected chi connectivity index (χ4v) is 5.38. The van der Waals surface area contributed by atoms with E-state index in [0.29, 0.717) is 0 Å². The van der Waals surface area contributed by atoms with Crippen molar-refractivity contribution in [3.05, 3.63) is 144 Å². The van der Waals surface area contributed by atoms with Gasteiger partial charge in [-0.25, -0.2) is 0 Å². The minimum atomic E-state index is -0.545. The van der Waals surface area contributed by atoms with Gasteiger partial charge in [-0.15, -0.1) is 0 Å². The summed E-state index contributed by atoms with van der Waals surface area (Å²) in [5, 5.41) is 2.75. The van der Waals surface area contributed by atoms with Gasteiger partial charge in [0.2, 0.25) is 0 Å². The number of hydrogen-bond donors (Lipinski definition) is 0. The molecule has 4 aromatic carbocycles. The van der Waals surface area contributed by atoms with Crippen LogP contribution in [0.5, 0.6) is 0 Å². The molecular weight excluding hydrogens is 355 g/mol. The average Bonchev–Trinajstić information content (AvgIpc) is 2.79. The van der Waals surface area contributed by atoms with E-state index in [0.717, 1.165) is 0 Å². The molecule has 28 heavy (non-hydrogen) atoms. The number of rotatable bonds is 6. The summed E-state index contributed by atoms with van der Waals surface area (Å²) < 4.78 is 0. The Labute approximate surface area is 169 Å². The molecule has 0 unspecified atom stereocenters. The van der Waals surface area contributed by atoms with Crippen LogP contribution < -0.4 is 10.6 Å². The second-order valence-corrected chi connectivity index (χ2v) is 8.75. The zero-order valence-electron chi connectivity index (χ0n) is 15.7. The van der Waals surface area contributed by atoms with Crippen molar-refractivity contribution in [2.24, 2.45) is 0 Å². The quantitative estimate of drug-likeness (QED) is 0.338. The molecule has 0 aliphatic rings. The maximum absolute atomic E-state index is 2.42. The molecule has 0 amide bonds. The molecule has 0 N–H and O–H groups in total. The molecule has 4 rings (SSSR count). The molecule has 0 bridgehead atoms. The van der Waals surface area contributed by atoms with Crippen molar-refractivity contribution < 1.29 is 0 Å². The Hall–Kier alpha value is -2.95. The molecule has 0 aliphatic heterocycles. The average molecular weight is 378 g/mol. The van der Waals surface area contributed by atoms with Crippen molar-refractivity contribution in [3.63, 3.8) is 0 Å². The summed E-state index contributed by atoms with van der Waals surface area (Å²) in [6.07, 6.45) is 2.39. The van der Waals surface area contributed by atoms with Crippen molar-refractivity contribution in [3.8, 4) is 0 Å². The topological polar surface area (TPSA) is 0 Å². The molecular formula is C27H23P. The van der Waals surface area contributed by atoms with Gasteiger partial charge in [0.1, 0.15) is 0 Å². The highest BCUT2D eigenvalue weighted by atomic mass is 31.1. The molecule has 136 valence electrons. The zero-order valence-corrected chi connectivity index (χ0v) is 16.6. The molecule has 0 spiro atoms. The van der Waals surface area contributed by atoms with Gasteiger partial charge >= 0.3 is 0 Å².